The zero-order chi connectivity index (χ0) is 34.9. The van der Waals surface area contributed by atoms with Gasteiger partial charge >= 0.3 is 10.2 Å². The van der Waals surface area contributed by atoms with Crippen LogP contribution in [0.5, 0.6) is 0 Å². The number of rotatable bonds is 11. The highest BCUT2D eigenvalue weighted by Crippen LogP contribution is 2.33. The van der Waals surface area contributed by atoms with Crippen LogP contribution in [-0.4, -0.2) is 48.8 Å². The molecule has 6 rings (SSSR count). The van der Waals surface area contributed by atoms with Gasteiger partial charge in [-0.1, -0.05) is 95.2 Å². The molecule has 1 aliphatic heterocycles. The zero-order valence-corrected chi connectivity index (χ0v) is 32.1. The number of aromatic nitrogens is 2. The summed E-state index contributed by atoms with van der Waals surface area (Å²) in [5.41, 5.74) is 5.84. The number of ether oxygens (including phenoxy) is 1. The third kappa shape index (κ3) is 8.09. The predicted octanol–water partition coefficient (Wildman–Crippen LogP) is 9.90. The van der Waals surface area contributed by atoms with E-state index in [1.807, 2.05) is 41.1 Å². The number of anilines is 1. The first-order valence-corrected chi connectivity index (χ1v) is 22.2. The molecule has 0 amide bonds. The molecule has 0 aliphatic carbocycles. The summed E-state index contributed by atoms with van der Waals surface area (Å²) in [5, 5.41) is 11.5. The largest absolute Gasteiger partial charge is 0.493 e. The standard InChI is InChI=1S/C36H35BrCl2N4O4SSi/c1-49(2,3)19-18-47-24-43-36(44)23-42(48(43,45)46)31-15-13-30(14-16-31)41-22-34(32-17-12-29(38)21-33(32)39)40-35(41)20-25-4-6-26(7-5-25)27-8-10-28(37)11-9-27/h4-17,21-23,44H,18-20,24H2,1-3H3. The van der Waals surface area contributed by atoms with E-state index in [-0.39, 0.29) is 6.73 Å². The quantitative estimate of drug-likeness (QED) is 0.106. The Morgan fingerprint density at radius 3 is 2.14 bits per heavy atom. The van der Waals surface area contributed by atoms with E-state index in [2.05, 4.69) is 72.0 Å². The molecule has 0 fully saturated rings. The van der Waals surface area contributed by atoms with Crippen LogP contribution in [0.25, 0.3) is 28.1 Å². The van der Waals surface area contributed by atoms with Gasteiger partial charge in [-0.3, -0.25) is 0 Å². The maximum atomic E-state index is 13.4. The highest BCUT2D eigenvalue weighted by Gasteiger charge is 2.38. The average Bonchev–Trinajstić information content (AvgIpc) is 3.56. The molecule has 1 N–H and O–H groups in total. The van der Waals surface area contributed by atoms with Crippen LogP contribution in [0.2, 0.25) is 35.7 Å². The van der Waals surface area contributed by atoms with Gasteiger partial charge in [-0.25, -0.2) is 9.29 Å². The fourth-order valence-electron chi connectivity index (χ4n) is 5.32. The molecular formula is C36H35BrCl2N4O4SSi. The van der Waals surface area contributed by atoms with Gasteiger partial charge in [0.05, 0.1) is 22.6 Å². The van der Waals surface area contributed by atoms with Crippen molar-refractivity contribution in [2.45, 2.75) is 32.1 Å². The third-order valence-corrected chi connectivity index (χ3v) is 12.5. The number of imidazole rings is 1. The summed E-state index contributed by atoms with van der Waals surface area (Å²) in [6.07, 6.45) is 3.62. The lowest BCUT2D eigenvalue weighted by atomic mass is 10.0. The lowest BCUT2D eigenvalue weighted by molar-refractivity contribution is 0.0747. The Bertz CT molecular complexity index is 2100. The van der Waals surface area contributed by atoms with Crippen LogP contribution in [0, 0.1) is 0 Å². The second kappa shape index (κ2) is 14.3. The topological polar surface area (TPSA) is 87.9 Å². The third-order valence-electron chi connectivity index (χ3n) is 8.08. The van der Waals surface area contributed by atoms with Crippen LogP contribution in [0.3, 0.4) is 0 Å². The van der Waals surface area contributed by atoms with Crippen molar-refractivity contribution in [3.63, 3.8) is 0 Å². The molecular weight excluding hydrogens is 763 g/mol. The first-order valence-electron chi connectivity index (χ1n) is 15.6. The Hall–Kier alpha value is -3.58. The van der Waals surface area contributed by atoms with Crippen LogP contribution in [0.1, 0.15) is 11.4 Å². The Kier molecular flexibility index (Phi) is 10.3. The molecule has 49 heavy (non-hydrogen) atoms. The van der Waals surface area contributed by atoms with E-state index in [1.165, 1.54) is 6.20 Å². The number of aliphatic hydroxyl groups is 1. The predicted molar refractivity (Wildman–Crippen MR) is 204 cm³/mol. The number of aliphatic hydroxyl groups excluding tert-OH is 1. The molecule has 5 aromatic rings. The maximum Gasteiger partial charge on any atom is 0.334 e. The summed E-state index contributed by atoms with van der Waals surface area (Å²) in [6, 6.07) is 29.8. The van der Waals surface area contributed by atoms with E-state index in [4.69, 9.17) is 32.9 Å². The molecule has 0 unspecified atom stereocenters. The normalized spacial score (nSPS) is 14.4. The molecule has 0 saturated carbocycles. The van der Waals surface area contributed by atoms with Crippen molar-refractivity contribution in [1.29, 1.82) is 0 Å². The van der Waals surface area contributed by atoms with Crippen molar-refractivity contribution in [1.82, 2.24) is 13.9 Å². The van der Waals surface area contributed by atoms with Crippen molar-refractivity contribution in [2.75, 3.05) is 17.6 Å². The number of halogens is 3. The first-order chi connectivity index (χ1) is 23.3. The minimum atomic E-state index is -4.08. The molecule has 13 heteroatoms. The number of benzene rings is 4. The van der Waals surface area contributed by atoms with E-state index in [1.54, 1.807) is 24.3 Å². The Morgan fingerprint density at radius 2 is 1.51 bits per heavy atom. The van der Waals surface area contributed by atoms with Gasteiger partial charge in [0.25, 0.3) is 0 Å². The van der Waals surface area contributed by atoms with Crippen LogP contribution >= 0.6 is 39.1 Å². The van der Waals surface area contributed by atoms with Crippen molar-refractivity contribution in [3.8, 4) is 28.1 Å². The maximum absolute atomic E-state index is 13.4. The molecule has 254 valence electrons. The Morgan fingerprint density at radius 1 is 0.878 bits per heavy atom. The van der Waals surface area contributed by atoms with E-state index in [0.29, 0.717) is 34.5 Å². The summed E-state index contributed by atoms with van der Waals surface area (Å²) in [5.74, 6) is 0.364. The SMILES string of the molecule is C[Si](C)(C)CCOCN1C(O)=CN(c2ccc(-n3cc(-c4ccc(Cl)cc4Cl)nc3Cc3ccc(-c4ccc(Br)cc4)cc3)cc2)S1(=O)=O. The smallest absolute Gasteiger partial charge is 0.334 e. The summed E-state index contributed by atoms with van der Waals surface area (Å²) >= 11 is 16.3. The van der Waals surface area contributed by atoms with Crippen LogP contribution in [0.15, 0.2) is 114 Å². The lowest BCUT2D eigenvalue weighted by Gasteiger charge is -2.22. The van der Waals surface area contributed by atoms with E-state index in [0.717, 1.165) is 52.9 Å². The molecule has 0 spiro atoms. The number of hydrogen-bond acceptors (Lipinski definition) is 5. The van der Waals surface area contributed by atoms with Gasteiger partial charge in [-0.05, 0) is 77.3 Å². The van der Waals surface area contributed by atoms with Crippen molar-refractivity contribution in [3.05, 3.63) is 135 Å². The van der Waals surface area contributed by atoms with Gasteiger partial charge in [0.2, 0.25) is 5.88 Å². The molecule has 0 radical (unpaired) electrons. The molecule has 0 atom stereocenters. The summed E-state index contributed by atoms with van der Waals surface area (Å²) in [6.45, 7) is 6.82. The van der Waals surface area contributed by atoms with Gasteiger partial charge in [0.1, 0.15) is 12.6 Å². The molecule has 8 nitrogen and oxygen atoms in total. The minimum Gasteiger partial charge on any atom is -0.493 e. The highest BCUT2D eigenvalue weighted by atomic mass is 79.9. The van der Waals surface area contributed by atoms with E-state index in [9.17, 15) is 13.5 Å². The number of nitrogens with zero attached hydrogens (tertiary/aromatic N) is 4. The molecule has 1 aromatic heterocycles. The summed E-state index contributed by atoms with van der Waals surface area (Å²) < 4.78 is 37.3. The summed E-state index contributed by atoms with van der Waals surface area (Å²) in [4.78, 5) is 4.99. The molecule has 1 aliphatic rings. The Balaban J connectivity index is 1.27. The fraction of sp³-hybridized carbons (Fsp3) is 0.194. The first kappa shape index (κ1) is 35.3. The zero-order valence-electron chi connectivity index (χ0n) is 27.1. The average molecular weight is 799 g/mol. The van der Waals surface area contributed by atoms with Gasteiger partial charge in [0.15, 0.2) is 0 Å². The minimum absolute atomic E-state index is 0.262. The molecule has 0 bridgehead atoms. The molecule has 2 heterocycles. The fourth-order valence-corrected chi connectivity index (χ4v) is 8.17. The molecule has 4 aromatic carbocycles. The van der Waals surface area contributed by atoms with Crippen molar-refractivity contribution in [2.24, 2.45) is 0 Å². The van der Waals surface area contributed by atoms with Crippen LogP contribution in [0.4, 0.5) is 5.69 Å². The van der Waals surface area contributed by atoms with Crippen molar-refractivity contribution < 1.29 is 18.3 Å². The monoisotopic (exact) mass is 796 g/mol. The van der Waals surface area contributed by atoms with Gasteiger partial charge < -0.3 is 14.4 Å². The molecule has 0 saturated heterocycles. The highest BCUT2D eigenvalue weighted by molar-refractivity contribution is 9.10. The van der Waals surface area contributed by atoms with Crippen LogP contribution in [-0.2, 0) is 21.4 Å². The van der Waals surface area contributed by atoms with Crippen LogP contribution < -0.4 is 4.31 Å². The van der Waals surface area contributed by atoms with Gasteiger partial charge in [-0.15, -0.1) is 0 Å². The lowest BCUT2D eigenvalue weighted by Crippen LogP contribution is -2.36. The number of hydrogen-bond donors (Lipinski definition) is 1. The van der Waals surface area contributed by atoms with Gasteiger partial charge in [-0.2, -0.15) is 12.7 Å². The second-order valence-corrected chi connectivity index (χ2v) is 22.0. The second-order valence-electron chi connectivity index (χ2n) is 12.9. The Labute approximate surface area is 306 Å². The van der Waals surface area contributed by atoms with E-state index >= 15 is 0 Å². The van der Waals surface area contributed by atoms with E-state index < -0.39 is 24.2 Å². The van der Waals surface area contributed by atoms with Crippen molar-refractivity contribution >= 4 is 63.1 Å². The summed E-state index contributed by atoms with van der Waals surface area (Å²) in [7, 11) is -5.43. The van der Waals surface area contributed by atoms with Gasteiger partial charge in [0, 0.05) is 48.0 Å².